The van der Waals surface area contributed by atoms with E-state index in [2.05, 4.69) is 10.3 Å². The SMILES string of the molecule is CC(O)CCNc1cc(C(=O)O)cc(C(C)(C)C)n1. The maximum absolute atomic E-state index is 11.1. The minimum absolute atomic E-state index is 0.216. The van der Waals surface area contributed by atoms with Gasteiger partial charge in [-0.2, -0.15) is 0 Å². The van der Waals surface area contributed by atoms with E-state index in [1.807, 2.05) is 20.8 Å². The largest absolute Gasteiger partial charge is 0.478 e. The fourth-order valence-electron chi connectivity index (χ4n) is 1.54. The molecule has 3 N–H and O–H groups in total. The van der Waals surface area contributed by atoms with Crippen molar-refractivity contribution in [2.75, 3.05) is 11.9 Å². The molecule has 19 heavy (non-hydrogen) atoms. The van der Waals surface area contributed by atoms with Crippen LogP contribution in [0.3, 0.4) is 0 Å². The highest BCUT2D eigenvalue weighted by atomic mass is 16.4. The fraction of sp³-hybridized carbons (Fsp3) is 0.571. The number of hydrogen-bond acceptors (Lipinski definition) is 4. The van der Waals surface area contributed by atoms with Gasteiger partial charge in [-0.25, -0.2) is 9.78 Å². The van der Waals surface area contributed by atoms with Gasteiger partial charge in [-0.1, -0.05) is 20.8 Å². The first kappa shape index (κ1) is 15.4. The molecule has 0 saturated carbocycles. The molecule has 0 bridgehead atoms. The summed E-state index contributed by atoms with van der Waals surface area (Å²) in [6.45, 7) is 8.22. The molecular weight excluding hydrogens is 244 g/mol. The second kappa shape index (κ2) is 6.02. The third-order valence-electron chi connectivity index (χ3n) is 2.71. The summed E-state index contributed by atoms with van der Waals surface area (Å²) >= 11 is 0. The summed E-state index contributed by atoms with van der Waals surface area (Å²) in [6.07, 6.45) is 0.196. The van der Waals surface area contributed by atoms with Gasteiger partial charge in [0.15, 0.2) is 0 Å². The number of rotatable bonds is 5. The highest BCUT2D eigenvalue weighted by molar-refractivity contribution is 5.88. The van der Waals surface area contributed by atoms with Crippen molar-refractivity contribution in [3.63, 3.8) is 0 Å². The van der Waals surface area contributed by atoms with Crippen LogP contribution in [0, 0.1) is 0 Å². The Labute approximate surface area is 113 Å². The number of pyridine rings is 1. The minimum atomic E-state index is -0.966. The molecule has 1 atom stereocenters. The first-order chi connectivity index (χ1) is 8.70. The summed E-state index contributed by atoms with van der Waals surface area (Å²) in [5, 5.41) is 21.4. The molecule has 1 rings (SSSR count). The lowest BCUT2D eigenvalue weighted by molar-refractivity contribution is 0.0696. The van der Waals surface area contributed by atoms with E-state index in [1.165, 1.54) is 6.07 Å². The van der Waals surface area contributed by atoms with Crippen LogP contribution in [-0.2, 0) is 5.41 Å². The van der Waals surface area contributed by atoms with Crippen LogP contribution in [0.25, 0.3) is 0 Å². The third kappa shape index (κ3) is 4.87. The van der Waals surface area contributed by atoms with Gasteiger partial charge in [-0.05, 0) is 25.5 Å². The molecule has 0 amide bonds. The van der Waals surface area contributed by atoms with Gasteiger partial charge in [-0.3, -0.25) is 0 Å². The highest BCUT2D eigenvalue weighted by Crippen LogP contribution is 2.23. The Balaban J connectivity index is 2.97. The van der Waals surface area contributed by atoms with Gasteiger partial charge in [0.1, 0.15) is 5.82 Å². The molecule has 0 aliphatic heterocycles. The Morgan fingerprint density at radius 3 is 2.53 bits per heavy atom. The van der Waals surface area contributed by atoms with Crippen molar-refractivity contribution in [2.24, 2.45) is 0 Å². The van der Waals surface area contributed by atoms with E-state index < -0.39 is 12.1 Å². The van der Waals surface area contributed by atoms with Crippen molar-refractivity contribution in [3.05, 3.63) is 23.4 Å². The number of aromatic carboxylic acids is 1. The lowest BCUT2D eigenvalue weighted by atomic mass is 9.91. The fourth-order valence-corrected chi connectivity index (χ4v) is 1.54. The van der Waals surface area contributed by atoms with E-state index in [0.717, 1.165) is 5.69 Å². The Kier molecular flexibility index (Phi) is 4.89. The van der Waals surface area contributed by atoms with Gasteiger partial charge in [0.25, 0.3) is 0 Å². The summed E-state index contributed by atoms with van der Waals surface area (Å²) in [5.74, 6) is -0.433. The van der Waals surface area contributed by atoms with Crippen LogP contribution in [0.5, 0.6) is 0 Å². The predicted molar refractivity (Wildman–Crippen MR) is 74.7 cm³/mol. The van der Waals surface area contributed by atoms with Crippen LogP contribution >= 0.6 is 0 Å². The van der Waals surface area contributed by atoms with Crippen LogP contribution in [0.2, 0.25) is 0 Å². The maximum atomic E-state index is 11.1. The number of carboxylic acids is 1. The zero-order valence-corrected chi connectivity index (χ0v) is 11.9. The van der Waals surface area contributed by atoms with Crippen molar-refractivity contribution < 1.29 is 15.0 Å². The van der Waals surface area contributed by atoms with E-state index in [0.29, 0.717) is 18.8 Å². The number of aromatic nitrogens is 1. The van der Waals surface area contributed by atoms with Crippen LogP contribution < -0.4 is 5.32 Å². The van der Waals surface area contributed by atoms with Crippen molar-refractivity contribution in [1.29, 1.82) is 0 Å². The molecule has 0 aliphatic rings. The normalized spacial score (nSPS) is 13.1. The molecule has 1 aromatic heterocycles. The van der Waals surface area contributed by atoms with Crippen molar-refractivity contribution in [1.82, 2.24) is 4.98 Å². The average molecular weight is 266 g/mol. The molecule has 0 radical (unpaired) electrons. The number of carbonyl (C=O) groups is 1. The molecule has 1 heterocycles. The molecule has 5 heteroatoms. The van der Waals surface area contributed by atoms with Gasteiger partial charge in [0, 0.05) is 17.7 Å². The van der Waals surface area contributed by atoms with Crippen LogP contribution in [0.15, 0.2) is 12.1 Å². The Bertz CT molecular complexity index is 450. The molecule has 5 nitrogen and oxygen atoms in total. The second-order valence-electron chi connectivity index (χ2n) is 5.75. The number of nitrogens with zero attached hydrogens (tertiary/aromatic N) is 1. The predicted octanol–water partition coefficient (Wildman–Crippen LogP) is 2.26. The lowest BCUT2D eigenvalue weighted by Crippen LogP contribution is -2.17. The van der Waals surface area contributed by atoms with Crippen molar-refractivity contribution >= 4 is 11.8 Å². The molecule has 0 aromatic carbocycles. The second-order valence-corrected chi connectivity index (χ2v) is 5.75. The number of carboxylic acid groups (broad SMARTS) is 1. The molecule has 0 aliphatic carbocycles. The minimum Gasteiger partial charge on any atom is -0.478 e. The van der Waals surface area contributed by atoms with E-state index in [1.54, 1.807) is 13.0 Å². The van der Waals surface area contributed by atoms with Gasteiger partial charge in [0.05, 0.1) is 11.7 Å². The molecule has 1 aromatic rings. The summed E-state index contributed by atoms with van der Waals surface area (Å²) in [6, 6.07) is 3.11. The lowest BCUT2D eigenvalue weighted by Gasteiger charge is -2.19. The first-order valence-corrected chi connectivity index (χ1v) is 6.38. The smallest absolute Gasteiger partial charge is 0.335 e. The average Bonchev–Trinajstić information content (AvgIpc) is 2.26. The topological polar surface area (TPSA) is 82.5 Å². The number of anilines is 1. The van der Waals surface area contributed by atoms with Crippen LogP contribution in [0.4, 0.5) is 5.82 Å². The van der Waals surface area contributed by atoms with Gasteiger partial charge in [0.2, 0.25) is 0 Å². The van der Waals surface area contributed by atoms with Gasteiger partial charge >= 0.3 is 5.97 Å². The van der Waals surface area contributed by atoms with E-state index in [9.17, 15) is 9.90 Å². The molecule has 1 unspecified atom stereocenters. The van der Waals surface area contributed by atoms with E-state index >= 15 is 0 Å². The zero-order chi connectivity index (χ0) is 14.6. The summed E-state index contributed by atoms with van der Waals surface area (Å²) < 4.78 is 0. The summed E-state index contributed by atoms with van der Waals surface area (Å²) in [5.41, 5.74) is 0.734. The Morgan fingerprint density at radius 1 is 1.42 bits per heavy atom. The van der Waals surface area contributed by atoms with Crippen molar-refractivity contribution in [3.8, 4) is 0 Å². The maximum Gasteiger partial charge on any atom is 0.335 e. The molecular formula is C14H22N2O3. The molecule has 106 valence electrons. The standard InChI is InChI=1S/C14H22N2O3/c1-9(17)5-6-15-12-8-10(13(18)19)7-11(16-12)14(2,3)4/h7-9,17H,5-6H2,1-4H3,(H,15,16)(H,18,19). The summed E-state index contributed by atoms with van der Waals surface area (Å²) in [4.78, 5) is 15.5. The molecule has 0 fully saturated rings. The van der Waals surface area contributed by atoms with E-state index in [-0.39, 0.29) is 11.0 Å². The van der Waals surface area contributed by atoms with E-state index in [4.69, 9.17) is 5.11 Å². The third-order valence-corrected chi connectivity index (χ3v) is 2.71. The number of aliphatic hydroxyl groups excluding tert-OH is 1. The molecule has 0 saturated heterocycles. The first-order valence-electron chi connectivity index (χ1n) is 6.38. The summed E-state index contributed by atoms with van der Waals surface area (Å²) in [7, 11) is 0. The van der Waals surface area contributed by atoms with Crippen LogP contribution in [-0.4, -0.2) is 33.8 Å². The monoisotopic (exact) mass is 266 g/mol. The number of nitrogens with one attached hydrogen (secondary N) is 1. The molecule has 0 spiro atoms. The quantitative estimate of drug-likeness (QED) is 0.761. The van der Waals surface area contributed by atoms with Gasteiger partial charge in [-0.15, -0.1) is 0 Å². The zero-order valence-electron chi connectivity index (χ0n) is 11.9. The van der Waals surface area contributed by atoms with Crippen LogP contribution in [0.1, 0.15) is 50.2 Å². The Hall–Kier alpha value is -1.62. The number of hydrogen-bond donors (Lipinski definition) is 3. The Morgan fingerprint density at radius 2 is 2.05 bits per heavy atom. The highest BCUT2D eigenvalue weighted by Gasteiger charge is 2.19. The number of aliphatic hydroxyl groups is 1. The van der Waals surface area contributed by atoms with Crippen molar-refractivity contribution in [2.45, 2.75) is 45.6 Å². The van der Waals surface area contributed by atoms with Gasteiger partial charge < -0.3 is 15.5 Å².